The molecule has 1 aliphatic rings. The van der Waals surface area contributed by atoms with Crippen LogP contribution in [0.4, 0.5) is 10.1 Å². The molecule has 19 heavy (non-hydrogen) atoms. The van der Waals surface area contributed by atoms with Crippen LogP contribution in [0, 0.1) is 28.5 Å². The molecule has 1 aliphatic heterocycles. The van der Waals surface area contributed by atoms with Gasteiger partial charge in [-0.1, -0.05) is 0 Å². The van der Waals surface area contributed by atoms with Gasteiger partial charge in [-0.25, -0.2) is 4.39 Å². The minimum Gasteiger partial charge on any atom is -0.380 e. The Bertz CT molecular complexity index is 521. The summed E-state index contributed by atoms with van der Waals surface area (Å²) in [5.41, 5.74) is 0.768. The van der Waals surface area contributed by atoms with Gasteiger partial charge in [-0.05, 0) is 31.0 Å². The Morgan fingerprint density at radius 1 is 1.32 bits per heavy atom. The van der Waals surface area contributed by atoms with Crippen LogP contribution < -0.4 is 5.32 Å². The van der Waals surface area contributed by atoms with E-state index in [0.717, 1.165) is 25.9 Å². The predicted molar refractivity (Wildman–Crippen MR) is 69.8 cm³/mol. The molecular formula is C14H15FN4. The summed E-state index contributed by atoms with van der Waals surface area (Å²) >= 11 is 0. The van der Waals surface area contributed by atoms with Crippen molar-refractivity contribution >= 4 is 5.69 Å². The van der Waals surface area contributed by atoms with E-state index >= 15 is 0 Å². The minimum atomic E-state index is -0.390. The van der Waals surface area contributed by atoms with E-state index in [-0.39, 0.29) is 6.04 Å². The van der Waals surface area contributed by atoms with Gasteiger partial charge in [0.1, 0.15) is 5.82 Å². The average molecular weight is 258 g/mol. The lowest BCUT2D eigenvalue weighted by Gasteiger charge is -2.31. The summed E-state index contributed by atoms with van der Waals surface area (Å²) in [6.45, 7) is 2.16. The third-order valence-corrected chi connectivity index (χ3v) is 3.34. The first-order chi connectivity index (χ1) is 9.22. The maximum atomic E-state index is 13.7. The number of nitrogens with one attached hydrogen (secondary N) is 1. The standard InChI is InChI=1S/C14H15FN4/c15-13-9-11(10-17)1-2-14(13)18-12-3-6-19(7-4-12)8-5-16/h1-2,9,12,18H,3-4,6-8H2. The number of anilines is 1. The first-order valence-electron chi connectivity index (χ1n) is 6.28. The summed E-state index contributed by atoms with van der Waals surface area (Å²) in [7, 11) is 0. The smallest absolute Gasteiger partial charge is 0.147 e. The fourth-order valence-corrected chi connectivity index (χ4v) is 2.26. The first kappa shape index (κ1) is 13.3. The molecule has 0 amide bonds. The quantitative estimate of drug-likeness (QED) is 0.843. The molecule has 1 aromatic carbocycles. The molecule has 0 aliphatic carbocycles. The summed E-state index contributed by atoms with van der Waals surface area (Å²) in [6, 6.07) is 8.73. The maximum absolute atomic E-state index is 13.7. The highest BCUT2D eigenvalue weighted by Crippen LogP contribution is 2.20. The number of rotatable bonds is 3. The van der Waals surface area contributed by atoms with Gasteiger partial charge in [-0.15, -0.1) is 0 Å². The third-order valence-electron chi connectivity index (χ3n) is 3.34. The molecule has 0 atom stereocenters. The highest BCUT2D eigenvalue weighted by Gasteiger charge is 2.19. The summed E-state index contributed by atoms with van der Waals surface area (Å²) in [4.78, 5) is 2.09. The molecule has 0 saturated carbocycles. The van der Waals surface area contributed by atoms with Gasteiger partial charge >= 0.3 is 0 Å². The van der Waals surface area contributed by atoms with Gasteiger partial charge in [0.05, 0.1) is 29.9 Å². The van der Waals surface area contributed by atoms with E-state index in [1.165, 1.54) is 6.07 Å². The van der Waals surface area contributed by atoms with E-state index in [1.807, 2.05) is 6.07 Å². The molecule has 0 radical (unpaired) electrons. The largest absolute Gasteiger partial charge is 0.380 e. The van der Waals surface area contributed by atoms with Gasteiger partial charge in [0.15, 0.2) is 0 Å². The lowest BCUT2D eigenvalue weighted by Crippen LogP contribution is -2.39. The van der Waals surface area contributed by atoms with Crippen LogP contribution in [0.2, 0.25) is 0 Å². The van der Waals surface area contributed by atoms with Crippen LogP contribution in [0.1, 0.15) is 18.4 Å². The second kappa shape index (κ2) is 6.17. The molecule has 1 aromatic rings. The summed E-state index contributed by atoms with van der Waals surface area (Å²) in [5.74, 6) is -0.390. The van der Waals surface area contributed by atoms with E-state index in [0.29, 0.717) is 17.8 Å². The Morgan fingerprint density at radius 3 is 2.63 bits per heavy atom. The molecular weight excluding hydrogens is 243 g/mol. The third kappa shape index (κ3) is 3.43. The van der Waals surface area contributed by atoms with Crippen molar-refractivity contribution in [1.29, 1.82) is 10.5 Å². The van der Waals surface area contributed by atoms with Crippen molar-refractivity contribution in [3.8, 4) is 12.1 Å². The Labute approximate surface area is 112 Å². The number of hydrogen-bond donors (Lipinski definition) is 1. The van der Waals surface area contributed by atoms with E-state index in [2.05, 4.69) is 16.3 Å². The van der Waals surface area contributed by atoms with Gasteiger partial charge in [0.2, 0.25) is 0 Å². The van der Waals surface area contributed by atoms with Crippen molar-refractivity contribution in [2.24, 2.45) is 0 Å². The predicted octanol–water partition coefficient (Wildman–Crippen LogP) is 2.10. The van der Waals surface area contributed by atoms with Gasteiger partial charge in [0.25, 0.3) is 0 Å². The molecule has 98 valence electrons. The lowest BCUT2D eigenvalue weighted by molar-refractivity contribution is 0.242. The van der Waals surface area contributed by atoms with Crippen molar-refractivity contribution < 1.29 is 4.39 Å². The van der Waals surface area contributed by atoms with Crippen LogP contribution >= 0.6 is 0 Å². The zero-order valence-corrected chi connectivity index (χ0v) is 10.6. The molecule has 1 N–H and O–H groups in total. The fraction of sp³-hybridized carbons (Fsp3) is 0.429. The summed E-state index contributed by atoms with van der Waals surface area (Å²) in [5, 5.41) is 20.5. The van der Waals surface area contributed by atoms with E-state index in [4.69, 9.17) is 10.5 Å². The lowest BCUT2D eigenvalue weighted by atomic mass is 10.0. The minimum absolute atomic E-state index is 0.220. The van der Waals surface area contributed by atoms with Crippen LogP contribution in [0.15, 0.2) is 18.2 Å². The number of nitriles is 2. The number of hydrogen-bond acceptors (Lipinski definition) is 4. The molecule has 0 bridgehead atoms. The zero-order valence-electron chi connectivity index (χ0n) is 10.6. The van der Waals surface area contributed by atoms with Crippen LogP contribution in [0.5, 0.6) is 0 Å². The van der Waals surface area contributed by atoms with Gasteiger partial charge in [-0.2, -0.15) is 10.5 Å². The Hall–Kier alpha value is -2.11. The molecule has 1 fully saturated rings. The highest BCUT2D eigenvalue weighted by molar-refractivity contribution is 5.49. The van der Waals surface area contributed by atoms with E-state index in [9.17, 15) is 4.39 Å². The number of benzene rings is 1. The number of nitrogens with zero attached hydrogens (tertiary/aromatic N) is 3. The molecule has 1 saturated heterocycles. The molecule has 0 aromatic heterocycles. The second-order valence-electron chi connectivity index (χ2n) is 4.66. The van der Waals surface area contributed by atoms with E-state index in [1.54, 1.807) is 12.1 Å². The van der Waals surface area contributed by atoms with Crippen molar-refractivity contribution in [2.45, 2.75) is 18.9 Å². The molecule has 0 spiro atoms. The Balaban J connectivity index is 1.93. The molecule has 2 rings (SSSR count). The number of likely N-dealkylation sites (tertiary alicyclic amines) is 1. The SMILES string of the molecule is N#CCN1CCC(Nc2ccc(C#N)cc2F)CC1. The van der Waals surface area contributed by atoms with Gasteiger partial charge in [-0.3, -0.25) is 4.90 Å². The molecule has 5 heteroatoms. The maximum Gasteiger partial charge on any atom is 0.147 e. The van der Waals surface area contributed by atoms with Crippen LogP contribution in [0.25, 0.3) is 0 Å². The van der Waals surface area contributed by atoms with Crippen molar-refractivity contribution in [3.05, 3.63) is 29.6 Å². The molecule has 1 heterocycles. The fourth-order valence-electron chi connectivity index (χ4n) is 2.26. The Morgan fingerprint density at radius 2 is 2.05 bits per heavy atom. The zero-order chi connectivity index (χ0) is 13.7. The average Bonchev–Trinajstić information content (AvgIpc) is 2.43. The number of halogens is 1. The summed E-state index contributed by atoms with van der Waals surface area (Å²) in [6.07, 6.45) is 1.78. The Kier molecular flexibility index (Phi) is 4.33. The van der Waals surface area contributed by atoms with Crippen molar-refractivity contribution in [1.82, 2.24) is 4.90 Å². The van der Waals surface area contributed by atoms with E-state index < -0.39 is 5.82 Å². The normalized spacial score (nSPS) is 16.6. The molecule has 0 unspecified atom stereocenters. The topological polar surface area (TPSA) is 62.9 Å². The second-order valence-corrected chi connectivity index (χ2v) is 4.66. The molecule has 4 nitrogen and oxygen atoms in total. The van der Waals surface area contributed by atoms with Crippen molar-refractivity contribution in [3.63, 3.8) is 0 Å². The van der Waals surface area contributed by atoms with Gasteiger partial charge in [0, 0.05) is 19.1 Å². The van der Waals surface area contributed by atoms with Crippen LogP contribution in [-0.2, 0) is 0 Å². The monoisotopic (exact) mass is 258 g/mol. The number of piperidine rings is 1. The van der Waals surface area contributed by atoms with Crippen molar-refractivity contribution in [2.75, 3.05) is 25.0 Å². The first-order valence-corrected chi connectivity index (χ1v) is 6.28. The highest BCUT2D eigenvalue weighted by atomic mass is 19.1. The van der Waals surface area contributed by atoms with Crippen LogP contribution in [-0.4, -0.2) is 30.6 Å². The summed E-state index contributed by atoms with van der Waals surface area (Å²) < 4.78 is 13.7. The van der Waals surface area contributed by atoms with Gasteiger partial charge < -0.3 is 5.32 Å². The van der Waals surface area contributed by atoms with Crippen LogP contribution in [0.3, 0.4) is 0 Å².